The third-order valence-corrected chi connectivity index (χ3v) is 5.34. The molecule has 0 aliphatic carbocycles. The highest BCUT2D eigenvalue weighted by Crippen LogP contribution is 2.51. The Hall–Kier alpha value is 0.690. The van der Waals surface area contributed by atoms with Crippen LogP contribution in [0.25, 0.3) is 0 Å². The fourth-order valence-corrected chi connectivity index (χ4v) is 4.83. The molecular formula is C9H19Cl2N2O2P. The molecule has 16 heavy (non-hydrogen) atoms. The molecule has 0 bridgehead atoms. The van der Waals surface area contributed by atoms with E-state index in [9.17, 15) is 4.57 Å². The lowest BCUT2D eigenvalue weighted by Crippen LogP contribution is -2.42. The van der Waals surface area contributed by atoms with Gasteiger partial charge in [0.1, 0.15) is 0 Å². The van der Waals surface area contributed by atoms with Crippen LogP contribution in [0.5, 0.6) is 0 Å². The van der Waals surface area contributed by atoms with Gasteiger partial charge < -0.3 is 4.52 Å². The SMILES string of the molecule is C[C@@H]1C[C@@H](C)O[P@](=O)(N(CCCl)CCCl)N1. The van der Waals surface area contributed by atoms with Crippen LogP contribution in [0.15, 0.2) is 0 Å². The molecule has 0 aromatic carbocycles. The zero-order valence-corrected chi connectivity index (χ0v) is 12.1. The minimum Gasteiger partial charge on any atom is -0.303 e. The quantitative estimate of drug-likeness (QED) is 0.624. The average Bonchev–Trinajstić information content (AvgIpc) is 2.15. The molecule has 96 valence electrons. The molecular weight excluding hydrogens is 270 g/mol. The van der Waals surface area contributed by atoms with E-state index in [1.54, 1.807) is 4.67 Å². The van der Waals surface area contributed by atoms with E-state index in [0.717, 1.165) is 6.42 Å². The predicted octanol–water partition coefficient (Wildman–Crippen LogP) is 2.66. The summed E-state index contributed by atoms with van der Waals surface area (Å²) >= 11 is 11.4. The highest BCUT2D eigenvalue weighted by molar-refractivity contribution is 7.54. The van der Waals surface area contributed by atoms with Crippen molar-refractivity contribution in [2.75, 3.05) is 24.8 Å². The molecule has 1 fully saturated rings. The summed E-state index contributed by atoms with van der Waals surface area (Å²) in [6, 6.07) is 0.183. The zero-order valence-electron chi connectivity index (χ0n) is 9.66. The minimum absolute atomic E-state index is 0.00441. The van der Waals surface area contributed by atoms with Crippen LogP contribution in [0, 0.1) is 0 Å². The number of alkyl halides is 2. The maximum atomic E-state index is 12.6. The van der Waals surface area contributed by atoms with Crippen molar-refractivity contribution in [2.45, 2.75) is 32.4 Å². The zero-order chi connectivity index (χ0) is 12.2. The second kappa shape index (κ2) is 6.58. The molecule has 1 aliphatic rings. The van der Waals surface area contributed by atoms with Gasteiger partial charge in [-0.05, 0) is 20.3 Å². The van der Waals surface area contributed by atoms with Crippen molar-refractivity contribution in [1.82, 2.24) is 9.76 Å². The van der Waals surface area contributed by atoms with E-state index in [1.165, 1.54) is 0 Å². The summed E-state index contributed by atoms with van der Waals surface area (Å²) in [6.45, 7) is 4.96. The smallest absolute Gasteiger partial charge is 0.303 e. The van der Waals surface area contributed by atoms with Crippen LogP contribution in [0.1, 0.15) is 20.3 Å². The fraction of sp³-hybridized carbons (Fsp3) is 1.00. The van der Waals surface area contributed by atoms with E-state index in [0.29, 0.717) is 24.8 Å². The molecule has 0 radical (unpaired) electrons. The fourth-order valence-electron chi connectivity index (χ4n) is 1.87. The molecule has 1 rings (SSSR count). The van der Waals surface area contributed by atoms with Gasteiger partial charge in [-0.2, -0.15) is 0 Å². The maximum absolute atomic E-state index is 12.6. The molecule has 1 saturated heterocycles. The minimum atomic E-state index is -2.95. The second-order valence-electron chi connectivity index (χ2n) is 4.03. The Morgan fingerprint density at radius 2 is 1.94 bits per heavy atom. The number of hydrogen-bond donors (Lipinski definition) is 1. The summed E-state index contributed by atoms with van der Waals surface area (Å²) in [5.74, 6) is 0.823. The van der Waals surface area contributed by atoms with Gasteiger partial charge in [0, 0.05) is 30.9 Å². The first-order chi connectivity index (χ1) is 7.51. The Morgan fingerprint density at radius 1 is 1.38 bits per heavy atom. The van der Waals surface area contributed by atoms with Crippen molar-refractivity contribution in [3.63, 3.8) is 0 Å². The van der Waals surface area contributed by atoms with E-state index in [1.807, 2.05) is 13.8 Å². The van der Waals surface area contributed by atoms with Gasteiger partial charge in [0.2, 0.25) is 0 Å². The Balaban J connectivity index is 2.74. The van der Waals surface area contributed by atoms with Gasteiger partial charge in [-0.3, -0.25) is 4.57 Å². The van der Waals surface area contributed by atoms with E-state index < -0.39 is 7.67 Å². The monoisotopic (exact) mass is 288 g/mol. The van der Waals surface area contributed by atoms with E-state index in [-0.39, 0.29) is 12.1 Å². The van der Waals surface area contributed by atoms with E-state index in [2.05, 4.69) is 5.09 Å². The highest BCUT2D eigenvalue weighted by atomic mass is 35.5. The molecule has 0 saturated carbocycles. The summed E-state index contributed by atoms with van der Waals surface area (Å²) < 4.78 is 19.9. The normalized spacial score (nSPS) is 35.6. The lowest BCUT2D eigenvalue weighted by atomic mass is 10.2. The van der Waals surface area contributed by atoms with Crippen molar-refractivity contribution < 1.29 is 9.09 Å². The molecule has 7 heteroatoms. The first-order valence-corrected chi connectivity index (χ1v) is 8.10. The van der Waals surface area contributed by atoms with Crippen LogP contribution in [-0.4, -0.2) is 41.7 Å². The summed E-state index contributed by atoms with van der Waals surface area (Å²) in [6.07, 6.45) is 0.856. The van der Waals surface area contributed by atoms with E-state index in [4.69, 9.17) is 27.7 Å². The number of nitrogens with zero attached hydrogens (tertiary/aromatic N) is 1. The molecule has 3 atom stereocenters. The van der Waals surface area contributed by atoms with Gasteiger partial charge in [-0.1, -0.05) is 0 Å². The molecule has 1 N–H and O–H groups in total. The van der Waals surface area contributed by atoms with Crippen molar-refractivity contribution in [2.24, 2.45) is 0 Å². The molecule has 1 aliphatic heterocycles. The van der Waals surface area contributed by atoms with Crippen LogP contribution < -0.4 is 5.09 Å². The molecule has 0 spiro atoms. The van der Waals surface area contributed by atoms with Gasteiger partial charge in [0.05, 0.1) is 6.10 Å². The van der Waals surface area contributed by atoms with Crippen molar-refractivity contribution in [1.29, 1.82) is 0 Å². The van der Waals surface area contributed by atoms with Gasteiger partial charge in [0.25, 0.3) is 0 Å². The number of hydrogen-bond acceptors (Lipinski definition) is 2. The average molecular weight is 289 g/mol. The predicted molar refractivity (Wildman–Crippen MR) is 68.4 cm³/mol. The van der Waals surface area contributed by atoms with Crippen LogP contribution in [0.3, 0.4) is 0 Å². The Kier molecular flexibility index (Phi) is 6.06. The third-order valence-electron chi connectivity index (χ3n) is 2.45. The molecule has 1 heterocycles. The lowest BCUT2D eigenvalue weighted by Gasteiger charge is -2.38. The van der Waals surface area contributed by atoms with Crippen molar-refractivity contribution >= 4 is 30.9 Å². The highest BCUT2D eigenvalue weighted by Gasteiger charge is 2.38. The van der Waals surface area contributed by atoms with Crippen LogP contribution in [-0.2, 0) is 9.09 Å². The topological polar surface area (TPSA) is 41.6 Å². The lowest BCUT2D eigenvalue weighted by molar-refractivity contribution is 0.145. The van der Waals surface area contributed by atoms with Crippen LogP contribution >= 0.6 is 30.9 Å². The molecule has 0 amide bonds. The molecule has 4 nitrogen and oxygen atoms in total. The summed E-state index contributed by atoms with van der Waals surface area (Å²) in [5, 5.41) is 3.03. The number of halogens is 2. The van der Waals surface area contributed by atoms with Gasteiger partial charge in [-0.15, -0.1) is 23.2 Å². The van der Waals surface area contributed by atoms with E-state index >= 15 is 0 Å². The van der Waals surface area contributed by atoms with Crippen molar-refractivity contribution in [3.8, 4) is 0 Å². The molecule has 0 aromatic rings. The first kappa shape index (κ1) is 14.7. The standard InChI is InChI=1S/C9H19Cl2N2O2P/c1-8-7-9(2)15-16(14,12-8)13(5-3-10)6-4-11/h8-9H,3-7H2,1-2H3,(H,12,14)/t8-,9-,16+/m1/s1. The Labute approximate surface area is 107 Å². The Bertz CT molecular complexity index is 248. The maximum Gasteiger partial charge on any atom is 0.343 e. The third kappa shape index (κ3) is 3.86. The first-order valence-electron chi connectivity index (χ1n) is 5.45. The Morgan fingerprint density at radius 3 is 2.38 bits per heavy atom. The summed E-state index contributed by atoms with van der Waals surface area (Å²) in [4.78, 5) is 0. The number of nitrogens with one attached hydrogen (secondary N) is 1. The number of rotatable bonds is 5. The van der Waals surface area contributed by atoms with Crippen molar-refractivity contribution in [3.05, 3.63) is 0 Å². The van der Waals surface area contributed by atoms with Crippen LogP contribution in [0.2, 0.25) is 0 Å². The van der Waals surface area contributed by atoms with Crippen LogP contribution in [0.4, 0.5) is 0 Å². The summed E-state index contributed by atoms with van der Waals surface area (Å²) in [5.41, 5.74) is 0. The second-order valence-corrected chi connectivity index (χ2v) is 6.87. The van der Waals surface area contributed by atoms with Gasteiger partial charge >= 0.3 is 7.67 Å². The van der Waals surface area contributed by atoms with Gasteiger partial charge in [0.15, 0.2) is 0 Å². The molecule has 0 aromatic heterocycles. The largest absolute Gasteiger partial charge is 0.343 e. The molecule has 0 unspecified atom stereocenters. The summed E-state index contributed by atoms with van der Waals surface area (Å²) in [7, 11) is -2.95. The van der Waals surface area contributed by atoms with Gasteiger partial charge in [-0.25, -0.2) is 9.76 Å².